The average molecular weight is 330 g/mol. The molecule has 0 aromatic carbocycles. The predicted octanol–water partition coefficient (Wildman–Crippen LogP) is -0.494. The van der Waals surface area contributed by atoms with E-state index in [4.69, 9.17) is 16.9 Å². The lowest BCUT2D eigenvalue weighted by molar-refractivity contribution is -0.0718. The number of aliphatic hydroxyl groups excluding tert-OH is 2. The molecule has 2 fully saturated rings. The molecule has 8 nitrogen and oxygen atoms in total. The van der Waals surface area contributed by atoms with E-state index >= 15 is 0 Å². The van der Waals surface area contributed by atoms with Crippen LogP contribution >= 0.6 is 0 Å². The van der Waals surface area contributed by atoms with Crippen LogP contribution in [-0.2, 0) is 4.74 Å². The smallest absolute Gasteiger partial charge is 0.199 e. The topological polar surface area (TPSA) is 127 Å². The third-order valence-corrected chi connectivity index (χ3v) is 4.83. The first kappa shape index (κ1) is 15.4. The van der Waals surface area contributed by atoms with Gasteiger partial charge >= 0.3 is 0 Å². The second kappa shape index (κ2) is 5.16. The van der Waals surface area contributed by atoms with E-state index in [0.29, 0.717) is 22.8 Å². The maximum absolute atomic E-state index is 10.8. The molecule has 5 N–H and O–H groups in total. The van der Waals surface area contributed by atoms with Crippen molar-refractivity contribution in [2.75, 3.05) is 12.3 Å². The quantitative estimate of drug-likeness (QED) is 0.559. The second-order valence-electron chi connectivity index (χ2n) is 6.35. The summed E-state index contributed by atoms with van der Waals surface area (Å²) in [7, 11) is 0. The lowest BCUT2D eigenvalue weighted by Crippen LogP contribution is -2.45. The monoisotopic (exact) mass is 330 g/mol. The normalized spacial score (nSPS) is 33.0. The predicted molar refractivity (Wildman–Crippen MR) is 84.7 cm³/mol. The van der Waals surface area contributed by atoms with Crippen molar-refractivity contribution in [3.63, 3.8) is 0 Å². The van der Waals surface area contributed by atoms with Crippen LogP contribution in [0.2, 0.25) is 0 Å². The van der Waals surface area contributed by atoms with Crippen LogP contribution in [0.3, 0.4) is 0 Å². The van der Waals surface area contributed by atoms with Crippen molar-refractivity contribution in [2.45, 2.75) is 42.8 Å². The highest BCUT2D eigenvalue weighted by atomic mass is 16.6. The number of terminal acetylenes is 1. The maximum Gasteiger partial charge on any atom is 0.199 e. The summed E-state index contributed by atoms with van der Waals surface area (Å²) in [6, 6.07) is 0. The van der Waals surface area contributed by atoms with E-state index in [1.807, 2.05) is 0 Å². The second-order valence-corrected chi connectivity index (χ2v) is 6.35. The highest BCUT2D eigenvalue weighted by molar-refractivity contribution is 5.90. The van der Waals surface area contributed by atoms with Gasteiger partial charge in [0.25, 0.3) is 0 Å². The van der Waals surface area contributed by atoms with Gasteiger partial charge in [-0.1, -0.05) is 5.92 Å². The number of nitrogens with two attached hydrogens (primary N) is 1. The van der Waals surface area contributed by atoms with E-state index in [1.165, 1.54) is 6.33 Å². The molecule has 1 saturated heterocycles. The largest absolute Gasteiger partial charge is 0.394 e. The van der Waals surface area contributed by atoms with E-state index in [1.54, 1.807) is 10.8 Å². The van der Waals surface area contributed by atoms with Crippen molar-refractivity contribution < 1.29 is 20.1 Å². The first-order valence-electron chi connectivity index (χ1n) is 7.76. The molecule has 2 aliphatic rings. The van der Waals surface area contributed by atoms with Gasteiger partial charge in [0.2, 0.25) is 0 Å². The Bertz CT molecular complexity index is 840. The molecular formula is C16H18N4O4. The van der Waals surface area contributed by atoms with E-state index in [-0.39, 0.29) is 0 Å². The van der Waals surface area contributed by atoms with Gasteiger partial charge in [-0.25, -0.2) is 9.97 Å². The van der Waals surface area contributed by atoms with Gasteiger partial charge in [-0.3, -0.25) is 0 Å². The van der Waals surface area contributed by atoms with Gasteiger partial charge in [-0.15, -0.1) is 6.42 Å². The fraction of sp³-hybridized carbons (Fsp3) is 0.500. The number of rotatable bonds is 3. The molecule has 0 bridgehead atoms. The molecule has 8 heteroatoms. The van der Waals surface area contributed by atoms with Crippen LogP contribution in [-0.4, -0.2) is 54.3 Å². The summed E-state index contributed by atoms with van der Waals surface area (Å²) in [4.78, 5) is 8.30. The number of nitrogen functional groups attached to an aromatic ring is 1. The fourth-order valence-electron chi connectivity index (χ4n) is 3.37. The first-order valence-corrected chi connectivity index (χ1v) is 7.76. The lowest BCUT2D eigenvalue weighted by Gasteiger charge is -2.26. The minimum Gasteiger partial charge on any atom is -0.394 e. The maximum atomic E-state index is 10.8. The van der Waals surface area contributed by atoms with Crippen LogP contribution < -0.4 is 5.73 Å². The van der Waals surface area contributed by atoms with Crippen LogP contribution in [0.15, 0.2) is 12.5 Å². The number of hydrogen-bond donors (Lipinski definition) is 4. The van der Waals surface area contributed by atoms with Gasteiger partial charge in [0, 0.05) is 6.20 Å². The molecule has 1 aliphatic carbocycles. The molecule has 4 rings (SSSR count). The summed E-state index contributed by atoms with van der Waals surface area (Å²) in [6.07, 6.45) is 7.18. The van der Waals surface area contributed by atoms with E-state index in [0.717, 1.165) is 18.4 Å². The summed E-state index contributed by atoms with van der Waals surface area (Å²) >= 11 is 0. The number of hydrogen-bond acceptors (Lipinski definition) is 7. The molecule has 3 heterocycles. The molecule has 0 radical (unpaired) electrons. The zero-order chi connectivity index (χ0) is 17.1. The lowest BCUT2D eigenvalue weighted by atomic mass is 9.95. The standard InChI is InChI=1S/C16H18N4O4/c1-2-16(23)12(22)10(6-21)24-15(16)20-5-9(8-3-4-8)11-13(17)18-7-19-14(11)20/h1,5,7-8,10,12,15,21-23H,3-4,6H2,(H2,17,18,19)/t10-,12-,15-,16-/m1/s1. The Hall–Kier alpha value is -2.18. The average Bonchev–Trinajstić information content (AvgIpc) is 3.31. The first-order chi connectivity index (χ1) is 11.5. The molecule has 2 aromatic heterocycles. The molecule has 24 heavy (non-hydrogen) atoms. The van der Waals surface area contributed by atoms with E-state index in [2.05, 4.69) is 15.9 Å². The van der Waals surface area contributed by atoms with Crippen molar-refractivity contribution in [1.29, 1.82) is 0 Å². The Morgan fingerprint density at radius 2 is 2.21 bits per heavy atom. The Kier molecular flexibility index (Phi) is 3.30. The Morgan fingerprint density at radius 3 is 2.83 bits per heavy atom. The van der Waals surface area contributed by atoms with Crippen molar-refractivity contribution in [2.24, 2.45) is 0 Å². The number of ether oxygens (including phenoxy) is 1. The van der Waals surface area contributed by atoms with Crippen molar-refractivity contribution in [3.8, 4) is 12.3 Å². The van der Waals surface area contributed by atoms with Crippen LogP contribution in [0.5, 0.6) is 0 Å². The van der Waals surface area contributed by atoms with Crippen LogP contribution in [0.1, 0.15) is 30.6 Å². The zero-order valence-corrected chi connectivity index (χ0v) is 12.8. The fourth-order valence-corrected chi connectivity index (χ4v) is 3.37. The summed E-state index contributed by atoms with van der Waals surface area (Å²) in [6.45, 7) is -0.465. The molecule has 2 aromatic rings. The number of nitrogens with zero attached hydrogens (tertiary/aromatic N) is 3. The molecule has 0 spiro atoms. The number of aromatic nitrogens is 3. The number of fused-ring (bicyclic) bond motifs is 1. The van der Waals surface area contributed by atoms with E-state index < -0.39 is 30.6 Å². The minimum absolute atomic E-state index is 0.349. The van der Waals surface area contributed by atoms with Gasteiger partial charge in [-0.2, -0.15) is 0 Å². The molecular weight excluding hydrogens is 312 g/mol. The van der Waals surface area contributed by atoms with Gasteiger partial charge in [0.15, 0.2) is 11.8 Å². The zero-order valence-electron chi connectivity index (χ0n) is 12.8. The molecule has 4 atom stereocenters. The summed E-state index contributed by atoms with van der Waals surface area (Å²) in [5.74, 6) is 2.92. The Labute approximate surface area is 137 Å². The van der Waals surface area contributed by atoms with Gasteiger partial charge in [0.1, 0.15) is 30.0 Å². The van der Waals surface area contributed by atoms with Gasteiger partial charge in [-0.05, 0) is 24.3 Å². The minimum atomic E-state index is -1.99. The van der Waals surface area contributed by atoms with Crippen LogP contribution in [0, 0.1) is 12.3 Å². The molecule has 126 valence electrons. The van der Waals surface area contributed by atoms with Crippen LogP contribution in [0.25, 0.3) is 11.0 Å². The van der Waals surface area contributed by atoms with Crippen LogP contribution in [0.4, 0.5) is 5.82 Å². The third-order valence-electron chi connectivity index (χ3n) is 4.83. The summed E-state index contributed by atoms with van der Waals surface area (Å²) in [5, 5.41) is 31.1. The molecule has 0 unspecified atom stereocenters. The van der Waals surface area contributed by atoms with Crippen molar-refractivity contribution >= 4 is 16.9 Å². The highest BCUT2D eigenvalue weighted by Crippen LogP contribution is 2.47. The SMILES string of the molecule is C#C[C@@]1(O)[C@H](O)[C@@H](CO)O[C@H]1n1cc(C2CC2)c2c(N)ncnc21. The molecule has 1 aliphatic heterocycles. The highest BCUT2D eigenvalue weighted by Gasteiger charge is 2.56. The van der Waals surface area contributed by atoms with E-state index in [9.17, 15) is 15.3 Å². The third kappa shape index (κ3) is 1.96. The number of aliphatic hydroxyl groups is 3. The number of anilines is 1. The molecule has 1 saturated carbocycles. The van der Waals surface area contributed by atoms with Crippen molar-refractivity contribution in [1.82, 2.24) is 14.5 Å². The van der Waals surface area contributed by atoms with Gasteiger partial charge < -0.3 is 30.4 Å². The Morgan fingerprint density at radius 1 is 1.46 bits per heavy atom. The molecule has 0 amide bonds. The van der Waals surface area contributed by atoms with Gasteiger partial charge in [0.05, 0.1) is 12.0 Å². The Balaban J connectivity index is 1.91. The summed E-state index contributed by atoms with van der Waals surface area (Å²) < 4.78 is 7.23. The van der Waals surface area contributed by atoms with Crippen molar-refractivity contribution in [3.05, 3.63) is 18.1 Å². The summed E-state index contributed by atoms with van der Waals surface area (Å²) in [5.41, 5.74) is 5.49.